The number of H-pyrrole nitrogens is 1. The highest BCUT2D eigenvalue weighted by atomic mass is 19.4. The third-order valence-corrected chi connectivity index (χ3v) is 4.63. The van der Waals surface area contributed by atoms with Crippen LogP contribution in [0.1, 0.15) is 16.8 Å². The maximum Gasteiger partial charge on any atom is 0.416 e. The molecule has 0 spiro atoms. The van der Waals surface area contributed by atoms with Crippen molar-refractivity contribution in [2.24, 2.45) is 0 Å². The van der Waals surface area contributed by atoms with Crippen LogP contribution in [-0.4, -0.2) is 17.1 Å². The summed E-state index contributed by atoms with van der Waals surface area (Å²) in [7, 11) is 1.63. The third kappa shape index (κ3) is 3.29. The quantitative estimate of drug-likeness (QED) is 0.469. The van der Waals surface area contributed by atoms with Gasteiger partial charge in [-0.25, -0.2) is 0 Å². The van der Waals surface area contributed by atoms with E-state index in [0.717, 1.165) is 45.2 Å². The van der Waals surface area contributed by atoms with Crippen LogP contribution in [0.3, 0.4) is 0 Å². The van der Waals surface area contributed by atoms with E-state index in [2.05, 4.69) is 9.97 Å². The molecular formula is C21H17F3N2O2. The minimum atomic E-state index is -4.37. The van der Waals surface area contributed by atoms with Gasteiger partial charge in [0.15, 0.2) is 0 Å². The minimum absolute atomic E-state index is 0.335. The molecule has 1 N–H and O–H groups in total. The Balaban J connectivity index is 1.74. The number of methoxy groups -OCH3 is 1. The smallest absolute Gasteiger partial charge is 0.416 e. The fraction of sp³-hybridized carbons (Fsp3) is 0.190. The lowest BCUT2D eigenvalue weighted by molar-refractivity contribution is -0.137. The molecule has 0 aliphatic carbocycles. The second kappa shape index (κ2) is 6.83. The molecule has 0 bridgehead atoms. The molecule has 0 amide bonds. The van der Waals surface area contributed by atoms with Crippen LogP contribution >= 0.6 is 0 Å². The van der Waals surface area contributed by atoms with E-state index in [1.54, 1.807) is 19.4 Å². The summed E-state index contributed by atoms with van der Waals surface area (Å²) in [5.74, 6) is 0.869. The summed E-state index contributed by atoms with van der Waals surface area (Å²) in [6.45, 7) is 2.35. The van der Waals surface area contributed by atoms with Gasteiger partial charge in [0.2, 0.25) is 0 Å². The second-order valence-electron chi connectivity index (χ2n) is 6.50. The van der Waals surface area contributed by atoms with Crippen LogP contribution in [0.15, 0.2) is 48.7 Å². The van der Waals surface area contributed by atoms with Crippen LogP contribution in [0.25, 0.3) is 21.8 Å². The lowest BCUT2D eigenvalue weighted by Crippen LogP contribution is -2.03. The van der Waals surface area contributed by atoms with Crippen molar-refractivity contribution in [2.45, 2.75) is 19.7 Å². The number of pyridine rings is 1. The Bertz CT molecular complexity index is 1150. The van der Waals surface area contributed by atoms with Crippen molar-refractivity contribution in [3.05, 3.63) is 65.5 Å². The molecule has 4 aromatic rings. The molecule has 0 fully saturated rings. The average molecular weight is 386 g/mol. The van der Waals surface area contributed by atoms with Crippen LogP contribution in [-0.2, 0) is 17.5 Å². The first-order valence-corrected chi connectivity index (χ1v) is 8.61. The number of benzene rings is 2. The van der Waals surface area contributed by atoms with Crippen LogP contribution in [0, 0.1) is 6.92 Å². The van der Waals surface area contributed by atoms with Crippen molar-refractivity contribution in [1.29, 1.82) is 0 Å². The molecule has 4 nitrogen and oxygen atoms in total. The summed E-state index contributed by atoms with van der Waals surface area (Å²) in [6.07, 6.45) is -2.59. The fourth-order valence-electron chi connectivity index (χ4n) is 3.27. The third-order valence-electron chi connectivity index (χ3n) is 4.63. The number of aromatic nitrogens is 2. The van der Waals surface area contributed by atoms with E-state index in [-0.39, 0.29) is 0 Å². The molecule has 0 saturated carbocycles. The van der Waals surface area contributed by atoms with Gasteiger partial charge in [0, 0.05) is 34.7 Å². The molecule has 0 saturated heterocycles. The minimum Gasteiger partial charge on any atom is -0.457 e. The highest BCUT2D eigenvalue weighted by molar-refractivity contribution is 6.09. The monoisotopic (exact) mass is 386 g/mol. The first kappa shape index (κ1) is 18.3. The number of alkyl halides is 3. The number of rotatable bonds is 4. The largest absolute Gasteiger partial charge is 0.457 e. The molecule has 28 heavy (non-hydrogen) atoms. The summed E-state index contributed by atoms with van der Waals surface area (Å²) in [5.41, 5.74) is 2.96. The molecule has 2 aromatic carbocycles. The Morgan fingerprint density at radius 1 is 1.00 bits per heavy atom. The molecule has 2 aromatic heterocycles. The van der Waals surface area contributed by atoms with Crippen molar-refractivity contribution in [3.63, 3.8) is 0 Å². The summed E-state index contributed by atoms with van der Waals surface area (Å²) in [4.78, 5) is 7.73. The van der Waals surface area contributed by atoms with Crippen LogP contribution in [0.4, 0.5) is 13.2 Å². The predicted octanol–water partition coefficient (Wildman–Crippen LogP) is 5.98. The summed E-state index contributed by atoms with van der Waals surface area (Å²) >= 11 is 0. The van der Waals surface area contributed by atoms with Crippen LogP contribution < -0.4 is 4.74 Å². The zero-order valence-electron chi connectivity index (χ0n) is 15.2. The molecule has 144 valence electrons. The molecule has 4 rings (SSSR count). The van der Waals surface area contributed by atoms with E-state index < -0.39 is 11.7 Å². The molecule has 2 heterocycles. The van der Waals surface area contributed by atoms with Gasteiger partial charge in [0.05, 0.1) is 23.9 Å². The zero-order valence-corrected chi connectivity index (χ0v) is 15.2. The lowest BCUT2D eigenvalue weighted by Gasteiger charge is -2.09. The van der Waals surface area contributed by atoms with Gasteiger partial charge in [-0.05, 0) is 49.4 Å². The first-order valence-electron chi connectivity index (χ1n) is 8.61. The van der Waals surface area contributed by atoms with E-state index >= 15 is 0 Å². The van der Waals surface area contributed by atoms with E-state index in [1.807, 2.05) is 19.1 Å². The van der Waals surface area contributed by atoms with E-state index in [9.17, 15) is 13.2 Å². The van der Waals surface area contributed by atoms with Gasteiger partial charge in [0.25, 0.3) is 0 Å². The Labute approximate surface area is 158 Å². The zero-order chi connectivity index (χ0) is 19.9. The Morgan fingerprint density at radius 3 is 2.39 bits per heavy atom. The molecule has 0 aliphatic heterocycles. The molecule has 0 atom stereocenters. The Hall–Kier alpha value is -3.06. The topological polar surface area (TPSA) is 47.1 Å². The Morgan fingerprint density at radius 2 is 1.71 bits per heavy atom. The number of hydrogen-bond acceptors (Lipinski definition) is 3. The predicted molar refractivity (Wildman–Crippen MR) is 101 cm³/mol. The van der Waals surface area contributed by atoms with Gasteiger partial charge in [-0.3, -0.25) is 4.98 Å². The van der Waals surface area contributed by atoms with Crippen molar-refractivity contribution in [2.75, 3.05) is 7.11 Å². The van der Waals surface area contributed by atoms with Gasteiger partial charge in [-0.2, -0.15) is 13.2 Å². The standard InChI is InChI=1S/C21H17F3N2O2/c1-12-17(11-27-2)20-16-9-15(7-8-18(16)26-19(20)10-25-12)28-14-5-3-13(4-6-14)21(22,23)24/h3-10,26H,11H2,1-2H3. The molecular weight excluding hydrogens is 369 g/mol. The summed E-state index contributed by atoms with van der Waals surface area (Å²) in [6, 6.07) is 10.1. The summed E-state index contributed by atoms with van der Waals surface area (Å²) in [5, 5.41) is 1.94. The number of nitrogens with zero attached hydrogens (tertiary/aromatic N) is 1. The number of aromatic amines is 1. The number of ether oxygens (including phenoxy) is 2. The fourth-order valence-corrected chi connectivity index (χ4v) is 3.27. The van der Waals surface area contributed by atoms with E-state index in [0.29, 0.717) is 18.1 Å². The lowest BCUT2D eigenvalue weighted by atomic mass is 10.1. The molecule has 7 heteroatoms. The number of fused-ring (bicyclic) bond motifs is 3. The van der Waals surface area contributed by atoms with E-state index in [4.69, 9.17) is 9.47 Å². The maximum absolute atomic E-state index is 12.7. The van der Waals surface area contributed by atoms with Gasteiger partial charge >= 0.3 is 6.18 Å². The SMILES string of the molecule is COCc1c(C)ncc2[nH]c3ccc(Oc4ccc(C(F)(F)F)cc4)cc3c12. The number of hydrogen-bond donors (Lipinski definition) is 1. The van der Waals surface area contributed by atoms with Crippen molar-refractivity contribution in [1.82, 2.24) is 9.97 Å². The van der Waals surface area contributed by atoms with Gasteiger partial charge in [-0.1, -0.05) is 0 Å². The Kier molecular flexibility index (Phi) is 4.47. The average Bonchev–Trinajstić information content (AvgIpc) is 3.02. The maximum atomic E-state index is 12.7. The normalized spacial score (nSPS) is 12.0. The van der Waals surface area contributed by atoms with Crippen molar-refractivity contribution >= 4 is 21.8 Å². The van der Waals surface area contributed by atoms with Crippen LogP contribution in [0.2, 0.25) is 0 Å². The van der Waals surface area contributed by atoms with Gasteiger partial charge < -0.3 is 14.5 Å². The number of aryl methyl sites for hydroxylation is 1. The first-order chi connectivity index (χ1) is 13.4. The molecule has 0 aliphatic rings. The molecule has 0 radical (unpaired) electrons. The van der Waals surface area contributed by atoms with Gasteiger partial charge in [-0.15, -0.1) is 0 Å². The van der Waals surface area contributed by atoms with Crippen LogP contribution in [0.5, 0.6) is 11.5 Å². The van der Waals surface area contributed by atoms with Crippen molar-refractivity contribution < 1.29 is 22.6 Å². The van der Waals surface area contributed by atoms with E-state index in [1.165, 1.54) is 12.1 Å². The second-order valence-corrected chi connectivity index (χ2v) is 6.50. The number of nitrogens with one attached hydrogen (secondary N) is 1. The molecule has 0 unspecified atom stereocenters. The summed E-state index contributed by atoms with van der Waals surface area (Å²) < 4.78 is 49.2. The highest BCUT2D eigenvalue weighted by Crippen LogP contribution is 2.35. The van der Waals surface area contributed by atoms with Gasteiger partial charge in [0.1, 0.15) is 11.5 Å². The van der Waals surface area contributed by atoms with Crippen molar-refractivity contribution in [3.8, 4) is 11.5 Å². The number of halogens is 3. The highest BCUT2D eigenvalue weighted by Gasteiger charge is 2.30.